The van der Waals surface area contributed by atoms with Crippen molar-refractivity contribution in [1.29, 1.82) is 0 Å². The number of fused-ring (bicyclic) bond motifs is 1. The molecule has 0 aliphatic heterocycles. The van der Waals surface area contributed by atoms with Crippen molar-refractivity contribution < 1.29 is 9.90 Å². The van der Waals surface area contributed by atoms with Gasteiger partial charge in [-0.15, -0.1) is 10.2 Å². The standard InChI is InChI=1S/C15H19N3O2/c1-4-9-15(2,3)16-12-10-7-5-6-8-11(10)17-18-13(12)14(19)20/h5-8H,4,9H2,1-3H3,(H,16,17)(H,19,20). The number of benzene rings is 1. The number of carbonyl (C=O) groups is 1. The molecule has 2 aromatic rings. The number of carboxylic acid groups (broad SMARTS) is 1. The van der Waals surface area contributed by atoms with E-state index >= 15 is 0 Å². The minimum Gasteiger partial charge on any atom is -0.476 e. The van der Waals surface area contributed by atoms with E-state index in [0.717, 1.165) is 18.2 Å². The molecule has 0 aliphatic rings. The van der Waals surface area contributed by atoms with Gasteiger partial charge >= 0.3 is 5.97 Å². The van der Waals surface area contributed by atoms with E-state index in [-0.39, 0.29) is 11.2 Å². The predicted octanol–water partition coefficient (Wildman–Crippen LogP) is 3.32. The largest absolute Gasteiger partial charge is 0.476 e. The molecule has 0 atom stereocenters. The van der Waals surface area contributed by atoms with Crippen molar-refractivity contribution in [2.75, 3.05) is 5.32 Å². The second-order valence-corrected chi connectivity index (χ2v) is 5.50. The summed E-state index contributed by atoms with van der Waals surface area (Å²) in [6.45, 7) is 6.21. The third-order valence-electron chi connectivity index (χ3n) is 3.21. The third-order valence-corrected chi connectivity index (χ3v) is 3.21. The normalized spacial score (nSPS) is 11.6. The number of rotatable bonds is 5. The number of nitrogens with zero attached hydrogens (tertiary/aromatic N) is 2. The SMILES string of the molecule is CCCC(C)(C)Nc1c(C(=O)O)nnc2ccccc12. The van der Waals surface area contributed by atoms with Crippen molar-refractivity contribution in [3.8, 4) is 0 Å². The quantitative estimate of drug-likeness (QED) is 0.874. The maximum atomic E-state index is 11.4. The fourth-order valence-corrected chi connectivity index (χ4v) is 2.36. The van der Waals surface area contributed by atoms with Crippen LogP contribution in [0.25, 0.3) is 10.9 Å². The van der Waals surface area contributed by atoms with Gasteiger partial charge in [-0.2, -0.15) is 0 Å². The van der Waals surface area contributed by atoms with Crippen molar-refractivity contribution in [1.82, 2.24) is 10.2 Å². The molecular formula is C15H19N3O2. The van der Waals surface area contributed by atoms with Gasteiger partial charge in [-0.3, -0.25) is 0 Å². The summed E-state index contributed by atoms with van der Waals surface area (Å²) in [6.07, 6.45) is 1.95. The van der Waals surface area contributed by atoms with Crippen LogP contribution in [0, 0.1) is 0 Å². The maximum absolute atomic E-state index is 11.4. The zero-order valence-corrected chi connectivity index (χ0v) is 12.0. The van der Waals surface area contributed by atoms with Crippen LogP contribution in [0.5, 0.6) is 0 Å². The van der Waals surface area contributed by atoms with Crippen molar-refractivity contribution in [3.05, 3.63) is 30.0 Å². The van der Waals surface area contributed by atoms with Gasteiger partial charge in [0.2, 0.25) is 0 Å². The molecule has 1 aromatic carbocycles. The monoisotopic (exact) mass is 273 g/mol. The van der Waals surface area contributed by atoms with E-state index in [0.29, 0.717) is 11.2 Å². The van der Waals surface area contributed by atoms with Crippen LogP contribution in [-0.4, -0.2) is 26.8 Å². The minimum absolute atomic E-state index is 0.0344. The Kier molecular flexibility index (Phi) is 3.88. The van der Waals surface area contributed by atoms with Crippen molar-refractivity contribution in [3.63, 3.8) is 0 Å². The highest BCUT2D eigenvalue weighted by Gasteiger charge is 2.23. The highest BCUT2D eigenvalue weighted by molar-refractivity contribution is 6.02. The second kappa shape index (κ2) is 5.45. The van der Waals surface area contributed by atoms with Gasteiger partial charge in [0, 0.05) is 10.9 Å². The Hall–Kier alpha value is -2.17. The number of aromatic carboxylic acids is 1. The molecule has 0 unspecified atom stereocenters. The molecule has 0 saturated heterocycles. The van der Waals surface area contributed by atoms with Gasteiger partial charge in [0.15, 0.2) is 5.69 Å². The number of nitrogens with one attached hydrogen (secondary N) is 1. The lowest BCUT2D eigenvalue weighted by Gasteiger charge is -2.28. The zero-order chi connectivity index (χ0) is 14.8. The number of carboxylic acids is 1. The topological polar surface area (TPSA) is 75.1 Å². The maximum Gasteiger partial charge on any atom is 0.358 e. The first-order chi connectivity index (χ1) is 9.44. The predicted molar refractivity (Wildman–Crippen MR) is 79.1 cm³/mol. The molecule has 0 fully saturated rings. The van der Waals surface area contributed by atoms with Gasteiger partial charge in [0.05, 0.1) is 11.2 Å². The summed E-state index contributed by atoms with van der Waals surface area (Å²) >= 11 is 0. The smallest absolute Gasteiger partial charge is 0.358 e. The minimum atomic E-state index is -1.07. The van der Waals surface area contributed by atoms with Crippen LogP contribution in [0.15, 0.2) is 24.3 Å². The zero-order valence-electron chi connectivity index (χ0n) is 12.0. The molecule has 5 nitrogen and oxygen atoms in total. The van der Waals surface area contributed by atoms with Gasteiger partial charge in [-0.25, -0.2) is 4.79 Å². The summed E-state index contributed by atoms with van der Waals surface area (Å²) in [5, 5.41) is 21.2. The molecule has 2 N–H and O–H groups in total. The van der Waals surface area contributed by atoms with E-state index in [2.05, 4.69) is 36.3 Å². The Bertz CT molecular complexity index is 638. The lowest BCUT2D eigenvalue weighted by atomic mass is 9.97. The molecule has 0 amide bonds. The molecule has 2 rings (SSSR count). The molecule has 0 spiro atoms. The Labute approximate surface area is 118 Å². The average Bonchev–Trinajstić information content (AvgIpc) is 2.38. The lowest BCUT2D eigenvalue weighted by molar-refractivity contribution is 0.0690. The summed E-state index contributed by atoms with van der Waals surface area (Å²) in [6, 6.07) is 7.42. The number of hydrogen-bond donors (Lipinski definition) is 2. The van der Waals surface area contributed by atoms with Crippen LogP contribution in [0.1, 0.15) is 44.1 Å². The van der Waals surface area contributed by atoms with Crippen molar-refractivity contribution in [2.45, 2.75) is 39.2 Å². The van der Waals surface area contributed by atoms with Crippen LogP contribution in [0.3, 0.4) is 0 Å². The summed E-state index contributed by atoms with van der Waals surface area (Å²) < 4.78 is 0. The Morgan fingerprint density at radius 2 is 2.00 bits per heavy atom. The molecule has 1 heterocycles. The van der Waals surface area contributed by atoms with Gasteiger partial charge in [0.1, 0.15) is 0 Å². The van der Waals surface area contributed by atoms with Gasteiger partial charge < -0.3 is 10.4 Å². The van der Waals surface area contributed by atoms with E-state index in [1.165, 1.54) is 0 Å². The van der Waals surface area contributed by atoms with Gasteiger partial charge in [-0.1, -0.05) is 31.5 Å². The van der Waals surface area contributed by atoms with Crippen molar-refractivity contribution >= 4 is 22.6 Å². The molecular weight excluding hydrogens is 254 g/mol. The van der Waals surface area contributed by atoms with Gasteiger partial charge in [-0.05, 0) is 26.3 Å². The van der Waals surface area contributed by atoms with Crippen molar-refractivity contribution in [2.24, 2.45) is 0 Å². The van der Waals surface area contributed by atoms with E-state index in [9.17, 15) is 9.90 Å². The Morgan fingerprint density at radius 1 is 1.30 bits per heavy atom. The molecule has 0 bridgehead atoms. The number of hydrogen-bond acceptors (Lipinski definition) is 4. The lowest BCUT2D eigenvalue weighted by Crippen LogP contribution is -2.31. The summed E-state index contributed by atoms with van der Waals surface area (Å²) in [4.78, 5) is 11.4. The number of aromatic nitrogens is 2. The Morgan fingerprint density at radius 3 is 2.65 bits per heavy atom. The highest BCUT2D eigenvalue weighted by Crippen LogP contribution is 2.28. The van der Waals surface area contributed by atoms with E-state index in [1.807, 2.05) is 24.3 Å². The number of anilines is 1. The average molecular weight is 273 g/mol. The van der Waals surface area contributed by atoms with Crippen LogP contribution in [0.2, 0.25) is 0 Å². The van der Waals surface area contributed by atoms with Gasteiger partial charge in [0.25, 0.3) is 0 Å². The van der Waals surface area contributed by atoms with E-state index in [1.54, 1.807) is 0 Å². The summed E-state index contributed by atoms with van der Waals surface area (Å²) in [5.74, 6) is -1.07. The molecule has 1 aromatic heterocycles. The van der Waals surface area contributed by atoms with E-state index in [4.69, 9.17) is 0 Å². The first-order valence-corrected chi connectivity index (χ1v) is 6.71. The van der Waals surface area contributed by atoms with Crippen LogP contribution in [0.4, 0.5) is 5.69 Å². The van der Waals surface area contributed by atoms with Crippen LogP contribution >= 0.6 is 0 Å². The fourth-order valence-electron chi connectivity index (χ4n) is 2.36. The highest BCUT2D eigenvalue weighted by atomic mass is 16.4. The van der Waals surface area contributed by atoms with E-state index < -0.39 is 5.97 Å². The Balaban J connectivity index is 2.58. The van der Waals surface area contributed by atoms with Crippen LogP contribution in [-0.2, 0) is 0 Å². The molecule has 20 heavy (non-hydrogen) atoms. The fraction of sp³-hybridized carbons (Fsp3) is 0.400. The summed E-state index contributed by atoms with van der Waals surface area (Å²) in [7, 11) is 0. The second-order valence-electron chi connectivity index (χ2n) is 5.50. The summed E-state index contributed by atoms with van der Waals surface area (Å²) in [5.41, 5.74) is 0.992. The molecule has 106 valence electrons. The molecule has 0 aliphatic carbocycles. The van der Waals surface area contributed by atoms with Crippen LogP contribution < -0.4 is 5.32 Å². The molecule has 0 saturated carbocycles. The molecule has 0 radical (unpaired) electrons. The third kappa shape index (κ3) is 2.87. The molecule has 5 heteroatoms. The first kappa shape index (κ1) is 14.2. The first-order valence-electron chi connectivity index (χ1n) is 6.71.